The molecular formula is C17H21N3. The smallest absolute Gasteiger partial charge is 0.0366 e. The van der Waals surface area contributed by atoms with Crippen molar-refractivity contribution < 1.29 is 0 Å². The summed E-state index contributed by atoms with van der Waals surface area (Å²) in [7, 11) is 0. The molecule has 3 nitrogen and oxygen atoms in total. The number of aromatic nitrogens is 1. The topological polar surface area (TPSA) is 19.4 Å². The summed E-state index contributed by atoms with van der Waals surface area (Å²) in [5.74, 6) is 0. The highest BCUT2D eigenvalue weighted by molar-refractivity contribution is 5.46. The molecule has 2 aromatic rings. The Labute approximate surface area is 120 Å². The van der Waals surface area contributed by atoms with Crippen LogP contribution in [0.4, 0.5) is 5.69 Å². The van der Waals surface area contributed by atoms with E-state index in [0.29, 0.717) is 0 Å². The van der Waals surface area contributed by atoms with E-state index in [-0.39, 0.29) is 0 Å². The third-order valence-electron chi connectivity index (χ3n) is 3.87. The summed E-state index contributed by atoms with van der Waals surface area (Å²) < 4.78 is 0. The zero-order valence-electron chi connectivity index (χ0n) is 11.8. The number of anilines is 1. The van der Waals surface area contributed by atoms with Crippen LogP contribution in [0.1, 0.15) is 12.0 Å². The first kappa shape index (κ1) is 13.1. The van der Waals surface area contributed by atoms with Gasteiger partial charge < -0.3 is 4.90 Å². The molecule has 1 aliphatic heterocycles. The minimum Gasteiger partial charge on any atom is -0.370 e. The first-order chi connectivity index (χ1) is 9.92. The van der Waals surface area contributed by atoms with Gasteiger partial charge in [-0.15, -0.1) is 0 Å². The summed E-state index contributed by atoms with van der Waals surface area (Å²) in [4.78, 5) is 9.11. The molecule has 1 aromatic heterocycles. The molecule has 0 unspecified atom stereocenters. The van der Waals surface area contributed by atoms with E-state index in [4.69, 9.17) is 0 Å². The van der Waals surface area contributed by atoms with Crippen LogP contribution in [0.3, 0.4) is 0 Å². The van der Waals surface area contributed by atoms with Crippen LogP contribution in [0, 0.1) is 0 Å². The second kappa shape index (κ2) is 6.53. The maximum atomic E-state index is 4.08. The first-order valence-corrected chi connectivity index (χ1v) is 7.33. The predicted molar refractivity (Wildman–Crippen MR) is 82.8 cm³/mol. The van der Waals surface area contributed by atoms with Gasteiger partial charge in [-0.25, -0.2) is 0 Å². The molecule has 1 fully saturated rings. The minimum atomic E-state index is 1.03. The van der Waals surface area contributed by atoms with Gasteiger partial charge in [-0.1, -0.05) is 18.2 Å². The molecule has 0 radical (unpaired) electrons. The third-order valence-corrected chi connectivity index (χ3v) is 3.87. The lowest BCUT2D eigenvalue weighted by Crippen LogP contribution is -2.30. The number of benzene rings is 1. The molecule has 1 aliphatic rings. The van der Waals surface area contributed by atoms with Gasteiger partial charge in [0.25, 0.3) is 0 Å². The van der Waals surface area contributed by atoms with Crippen molar-refractivity contribution >= 4 is 5.69 Å². The molecule has 0 amide bonds. The highest BCUT2D eigenvalue weighted by atomic mass is 15.2. The van der Waals surface area contributed by atoms with Crippen molar-refractivity contribution in [3.8, 4) is 0 Å². The Bertz CT molecular complexity index is 512. The summed E-state index contributed by atoms with van der Waals surface area (Å²) in [6.07, 6.45) is 4.98. The number of rotatable bonds is 3. The van der Waals surface area contributed by atoms with E-state index in [1.165, 1.54) is 24.2 Å². The summed E-state index contributed by atoms with van der Waals surface area (Å²) in [6, 6.07) is 15.0. The fourth-order valence-corrected chi connectivity index (χ4v) is 2.77. The van der Waals surface area contributed by atoms with Crippen molar-refractivity contribution in [3.63, 3.8) is 0 Å². The van der Waals surface area contributed by atoms with Gasteiger partial charge in [-0.3, -0.25) is 9.88 Å². The molecule has 1 aromatic carbocycles. The Morgan fingerprint density at radius 1 is 0.850 bits per heavy atom. The molecule has 3 heteroatoms. The number of hydrogen-bond donors (Lipinski definition) is 0. The summed E-state index contributed by atoms with van der Waals surface area (Å²) >= 11 is 0. The second-order valence-electron chi connectivity index (χ2n) is 5.31. The van der Waals surface area contributed by atoms with E-state index in [1.54, 1.807) is 0 Å². The van der Waals surface area contributed by atoms with Crippen molar-refractivity contribution in [3.05, 3.63) is 60.4 Å². The Morgan fingerprint density at radius 3 is 2.45 bits per heavy atom. The van der Waals surface area contributed by atoms with Gasteiger partial charge in [-0.2, -0.15) is 0 Å². The van der Waals surface area contributed by atoms with E-state index < -0.39 is 0 Å². The van der Waals surface area contributed by atoms with Gasteiger partial charge in [0.15, 0.2) is 0 Å². The molecule has 0 atom stereocenters. The fourth-order valence-electron chi connectivity index (χ4n) is 2.77. The second-order valence-corrected chi connectivity index (χ2v) is 5.31. The Kier molecular flexibility index (Phi) is 4.28. The first-order valence-electron chi connectivity index (χ1n) is 7.33. The molecule has 0 aliphatic carbocycles. The SMILES string of the molecule is c1ccc(N2CCCN(Cc3ccncc3)CC2)cc1. The Morgan fingerprint density at radius 2 is 1.65 bits per heavy atom. The molecule has 0 N–H and O–H groups in total. The average molecular weight is 267 g/mol. The highest BCUT2D eigenvalue weighted by Gasteiger charge is 2.15. The molecule has 0 spiro atoms. The molecule has 2 heterocycles. The maximum absolute atomic E-state index is 4.08. The number of nitrogens with zero attached hydrogens (tertiary/aromatic N) is 3. The average Bonchev–Trinajstić information content (AvgIpc) is 2.75. The zero-order valence-corrected chi connectivity index (χ0v) is 11.8. The predicted octanol–water partition coefficient (Wildman–Crippen LogP) is 2.79. The monoisotopic (exact) mass is 267 g/mol. The minimum absolute atomic E-state index is 1.03. The molecule has 1 saturated heterocycles. The third kappa shape index (κ3) is 3.36. The van der Waals surface area contributed by atoms with Gasteiger partial charge in [0.05, 0.1) is 0 Å². The lowest BCUT2D eigenvalue weighted by Gasteiger charge is -2.23. The molecular weight excluding hydrogens is 246 g/mol. The highest BCUT2D eigenvalue weighted by Crippen LogP contribution is 2.16. The van der Waals surface area contributed by atoms with E-state index in [2.05, 4.69) is 57.2 Å². The van der Waals surface area contributed by atoms with Crippen LogP contribution in [-0.2, 0) is 6.54 Å². The lowest BCUT2D eigenvalue weighted by molar-refractivity contribution is 0.285. The van der Waals surface area contributed by atoms with Crippen molar-refractivity contribution in [2.24, 2.45) is 0 Å². The fraction of sp³-hybridized carbons (Fsp3) is 0.353. The lowest BCUT2D eigenvalue weighted by atomic mass is 10.2. The Balaban J connectivity index is 1.60. The van der Waals surface area contributed by atoms with Gasteiger partial charge in [0, 0.05) is 50.8 Å². The maximum Gasteiger partial charge on any atom is 0.0366 e. The van der Waals surface area contributed by atoms with E-state index in [1.807, 2.05) is 12.4 Å². The van der Waals surface area contributed by atoms with Crippen LogP contribution in [0.25, 0.3) is 0 Å². The van der Waals surface area contributed by atoms with Crippen LogP contribution >= 0.6 is 0 Å². The van der Waals surface area contributed by atoms with E-state index in [0.717, 1.165) is 26.2 Å². The molecule has 20 heavy (non-hydrogen) atoms. The quantitative estimate of drug-likeness (QED) is 0.852. The zero-order chi connectivity index (χ0) is 13.6. The standard InChI is InChI=1S/C17H21N3/c1-2-5-17(6-3-1)20-12-4-11-19(13-14-20)15-16-7-9-18-10-8-16/h1-3,5-10H,4,11-15H2. The summed E-state index contributed by atoms with van der Waals surface area (Å²) in [5, 5.41) is 0. The Hall–Kier alpha value is -1.87. The van der Waals surface area contributed by atoms with Crippen LogP contribution in [0.15, 0.2) is 54.9 Å². The van der Waals surface area contributed by atoms with Crippen LogP contribution < -0.4 is 4.90 Å². The number of pyridine rings is 1. The van der Waals surface area contributed by atoms with Crippen LogP contribution in [-0.4, -0.2) is 36.1 Å². The largest absolute Gasteiger partial charge is 0.370 e. The molecule has 104 valence electrons. The summed E-state index contributed by atoms with van der Waals surface area (Å²) in [5.41, 5.74) is 2.70. The van der Waals surface area contributed by atoms with Gasteiger partial charge in [0.1, 0.15) is 0 Å². The van der Waals surface area contributed by atoms with Crippen LogP contribution in [0.2, 0.25) is 0 Å². The van der Waals surface area contributed by atoms with Gasteiger partial charge >= 0.3 is 0 Å². The van der Waals surface area contributed by atoms with Crippen molar-refractivity contribution in [2.75, 3.05) is 31.1 Å². The van der Waals surface area contributed by atoms with E-state index in [9.17, 15) is 0 Å². The number of para-hydroxylation sites is 1. The molecule has 3 rings (SSSR count). The summed E-state index contributed by atoms with van der Waals surface area (Å²) in [6.45, 7) is 5.58. The van der Waals surface area contributed by atoms with Crippen LogP contribution in [0.5, 0.6) is 0 Å². The molecule has 0 saturated carbocycles. The van der Waals surface area contributed by atoms with E-state index >= 15 is 0 Å². The van der Waals surface area contributed by atoms with Crippen molar-refractivity contribution in [1.29, 1.82) is 0 Å². The van der Waals surface area contributed by atoms with Gasteiger partial charge in [-0.05, 0) is 36.2 Å². The normalized spacial score (nSPS) is 16.9. The number of hydrogen-bond acceptors (Lipinski definition) is 3. The van der Waals surface area contributed by atoms with Crippen molar-refractivity contribution in [1.82, 2.24) is 9.88 Å². The van der Waals surface area contributed by atoms with Crippen molar-refractivity contribution in [2.45, 2.75) is 13.0 Å². The van der Waals surface area contributed by atoms with Gasteiger partial charge in [0.2, 0.25) is 0 Å². The molecule has 0 bridgehead atoms.